The molecule has 1 heterocycles. The summed E-state index contributed by atoms with van der Waals surface area (Å²) in [6.45, 7) is 4.02. The molecule has 0 spiro atoms. The van der Waals surface area contributed by atoms with E-state index < -0.39 is 12.1 Å². The van der Waals surface area contributed by atoms with Crippen LogP contribution in [0.5, 0.6) is 11.5 Å². The molecule has 0 radical (unpaired) electrons. The van der Waals surface area contributed by atoms with Crippen molar-refractivity contribution < 1.29 is 28.9 Å². The quantitative estimate of drug-likeness (QED) is 0.178. The van der Waals surface area contributed by atoms with Gasteiger partial charge in [-0.15, -0.1) is 0 Å². The SMILES string of the molecule is CC(=O)OC(CNCCCCCCOCCCCc1ccccc1)c1ccc(O)c2c1OCC(=O)N2. The van der Waals surface area contributed by atoms with Crippen LogP contribution in [0.15, 0.2) is 42.5 Å². The molecule has 196 valence electrons. The van der Waals surface area contributed by atoms with Crippen molar-refractivity contribution >= 4 is 17.6 Å². The van der Waals surface area contributed by atoms with Gasteiger partial charge in [0.15, 0.2) is 12.4 Å². The van der Waals surface area contributed by atoms with E-state index in [0.717, 1.165) is 64.7 Å². The number of hydrogen-bond donors (Lipinski definition) is 3. The Labute approximate surface area is 213 Å². The van der Waals surface area contributed by atoms with Crippen molar-refractivity contribution in [1.82, 2.24) is 5.32 Å². The van der Waals surface area contributed by atoms with Crippen LogP contribution < -0.4 is 15.4 Å². The predicted octanol–water partition coefficient (Wildman–Crippen LogP) is 4.52. The van der Waals surface area contributed by atoms with E-state index in [-0.39, 0.29) is 24.0 Å². The number of phenols is 1. The zero-order valence-electron chi connectivity index (χ0n) is 21.1. The van der Waals surface area contributed by atoms with Gasteiger partial charge in [0.1, 0.15) is 17.5 Å². The Morgan fingerprint density at radius 1 is 1.06 bits per heavy atom. The van der Waals surface area contributed by atoms with Gasteiger partial charge in [0.25, 0.3) is 5.91 Å². The van der Waals surface area contributed by atoms with Crippen molar-refractivity contribution in [3.63, 3.8) is 0 Å². The lowest BCUT2D eigenvalue weighted by Crippen LogP contribution is -2.29. The Hall–Kier alpha value is -3.10. The Kier molecular flexibility index (Phi) is 11.5. The molecule has 0 fully saturated rings. The smallest absolute Gasteiger partial charge is 0.303 e. The number of hydrogen-bond acceptors (Lipinski definition) is 7. The van der Waals surface area contributed by atoms with Gasteiger partial charge in [0.2, 0.25) is 0 Å². The average Bonchev–Trinajstić information content (AvgIpc) is 2.87. The lowest BCUT2D eigenvalue weighted by atomic mass is 10.0. The number of benzene rings is 2. The number of ether oxygens (including phenoxy) is 3. The van der Waals surface area contributed by atoms with Crippen LogP contribution in [0.1, 0.15) is 62.7 Å². The van der Waals surface area contributed by atoms with E-state index in [0.29, 0.717) is 17.9 Å². The number of unbranched alkanes of at least 4 members (excludes halogenated alkanes) is 4. The second-order valence-electron chi connectivity index (χ2n) is 8.99. The van der Waals surface area contributed by atoms with Crippen molar-refractivity contribution in [3.8, 4) is 11.5 Å². The van der Waals surface area contributed by atoms with Crippen LogP contribution in [0, 0.1) is 0 Å². The first-order valence-corrected chi connectivity index (χ1v) is 12.8. The molecule has 0 bridgehead atoms. The minimum absolute atomic E-state index is 0.0903. The minimum Gasteiger partial charge on any atom is -0.506 e. The van der Waals surface area contributed by atoms with Gasteiger partial charge in [-0.2, -0.15) is 0 Å². The molecular weight excluding hydrogens is 460 g/mol. The molecular formula is C28H38N2O6. The Bertz CT molecular complexity index is 966. The molecule has 1 amide bonds. The van der Waals surface area contributed by atoms with E-state index in [1.54, 1.807) is 6.07 Å². The number of nitrogens with one attached hydrogen (secondary N) is 2. The van der Waals surface area contributed by atoms with E-state index in [4.69, 9.17) is 14.2 Å². The van der Waals surface area contributed by atoms with E-state index in [9.17, 15) is 14.7 Å². The first-order chi connectivity index (χ1) is 17.5. The molecule has 1 aliphatic rings. The van der Waals surface area contributed by atoms with Gasteiger partial charge in [0, 0.05) is 32.2 Å². The third kappa shape index (κ3) is 9.17. The maximum Gasteiger partial charge on any atom is 0.303 e. The summed E-state index contributed by atoms with van der Waals surface area (Å²) in [5.41, 5.74) is 2.19. The van der Waals surface area contributed by atoms with Gasteiger partial charge in [-0.1, -0.05) is 43.2 Å². The summed E-state index contributed by atoms with van der Waals surface area (Å²) in [5, 5.41) is 16.0. The van der Waals surface area contributed by atoms with Crippen LogP contribution in [0.25, 0.3) is 0 Å². The van der Waals surface area contributed by atoms with Gasteiger partial charge >= 0.3 is 5.97 Å². The normalized spacial score (nSPS) is 13.4. The monoisotopic (exact) mass is 498 g/mol. The van der Waals surface area contributed by atoms with E-state index in [1.165, 1.54) is 18.6 Å². The summed E-state index contributed by atoms with van der Waals surface area (Å²) in [6, 6.07) is 13.7. The van der Waals surface area contributed by atoms with Gasteiger partial charge in [-0.3, -0.25) is 9.59 Å². The molecule has 3 rings (SSSR count). The highest BCUT2D eigenvalue weighted by Crippen LogP contribution is 2.42. The highest BCUT2D eigenvalue weighted by atomic mass is 16.5. The summed E-state index contributed by atoms with van der Waals surface area (Å²) in [5.74, 6) is -0.510. The summed E-state index contributed by atoms with van der Waals surface area (Å²) in [6.07, 6.45) is 7.00. The van der Waals surface area contributed by atoms with E-state index in [1.807, 2.05) is 6.07 Å². The zero-order chi connectivity index (χ0) is 25.6. The fourth-order valence-electron chi connectivity index (χ4n) is 4.17. The largest absolute Gasteiger partial charge is 0.506 e. The van der Waals surface area contributed by atoms with Crippen LogP contribution in [0.3, 0.4) is 0 Å². The second-order valence-corrected chi connectivity index (χ2v) is 8.99. The summed E-state index contributed by atoms with van der Waals surface area (Å²) in [4.78, 5) is 23.3. The molecule has 1 atom stereocenters. The Morgan fingerprint density at radius 2 is 1.81 bits per heavy atom. The fraction of sp³-hybridized carbons (Fsp3) is 0.500. The van der Waals surface area contributed by atoms with Crippen LogP contribution in [-0.2, 0) is 25.5 Å². The first kappa shape index (κ1) is 27.5. The molecule has 0 aromatic heterocycles. The summed E-state index contributed by atoms with van der Waals surface area (Å²) < 4.78 is 16.8. The molecule has 0 saturated heterocycles. The Balaban J connectivity index is 1.28. The lowest BCUT2D eigenvalue weighted by Gasteiger charge is -2.25. The number of rotatable bonds is 16. The number of fused-ring (bicyclic) bond motifs is 1. The number of phenolic OH excluding ortho intramolecular Hbond substituents is 1. The van der Waals surface area contributed by atoms with Crippen molar-refractivity contribution in [3.05, 3.63) is 53.6 Å². The molecule has 1 aliphatic heterocycles. The topological polar surface area (TPSA) is 106 Å². The van der Waals surface area contributed by atoms with Crippen LogP contribution in [0.4, 0.5) is 5.69 Å². The number of aromatic hydroxyl groups is 1. The van der Waals surface area contributed by atoms with Gasteiger partial charge in [-0.05, 0) is 56.3 Å². The number of esters is 1. The maximum absolute atomic E-state index is 11.7. The molecule has 2 aromatic rings. The lowest BCUT2D eigenvalue weighted by molar-refractivity contribution is -0.146. The zero-order valence-corrected chi connectivity index (χ0v) is 21.1. The first-order valence-electron chi connectivity index (χ1n) is 12.8. The standard InChI is InChI=1S/C28H38N2O6/c1-21(31)36-25(23-14-15-24(32)27-28(23)35-20-26(33)30-27)19-29-16-8-2-3-9-17-34-18-10-7-13-22-11-5-4-6-12-22/h4-6,11-12,14-15,25,29,32H,2-3,7-10,13,16-20H2,1H3,(H,30,33). The Morgan fingerprint density at radius 3 is 2.58 bits per heavy atom. The van der Waals surface area contributed by atoms with Crippen molar-refractivity contribution in [2.75, 3.05) is 38.2 Å². The summed E-state index contributed by atoms with van der Waals surface area (Å²) in [7, 11) is 0. The van der Waals surface area contributed by atoms with Crippen LogP contribution in [-0.4, -0.2) is 49.9 Å². The minimum atomic E-state index is -0.595. The number of aryl methyl sites for hydroxylation is 1. The van der Waals surface area contributed by atoms with Crippen molar-refractivity contribution in [2.45, 2.75) is 58.0 Å². The third-order valence-corrected chi connectivity index (χ3v) is 6.00. The molecule has 1 unspecified atom stereocenters. The van der Waals surface area contributed by atoms with Crippen LogP contribution in [0.2, 0.25) is 0 Å². The van der Waals surface area contributed by atoms with E-state index in [2.05, 4.69) is 34.9 Å². The number of carbonyl (C=O) groups excluding carboxylic acids is 2. The van der Waals surface area contributed by atoms with Crippen molar-refractivity contribution in [1.29, 1.82) is 0 Å². The highest BCUT2D eigenvalue weighted by molar-refractivity contribution is 5.97. The molecule has 3 N–H and O–H groups in total. The second kappa shape index (κ2) is 15.1. The number of amides is 1. The van der Waals surface area contributed by atoms with Gasteiger partial charge in [0.05, 0.1) is 0 Å². The molecule has 2 aromatic carbocycles. The number of carbonyl (C=O) groups is 2. The van der Waals surface area contributed by atoms with Crippen LogP contribution >= 0.6 is 0 Å². The van der Waals surface area contributed by atoms with Crippen molar-refractivity contribution in [2.24, 2.45) is 0 Å². The number of anilines is 1. The molecule has 0 saturated carbocycles. The molecule has 36 heavy (non-hydrogen) atoms. The maximum atomic E-state index is 11.7. The highest BCUT2D eigenvalue weighted by Gasteiger charge is 2.27. The third-order valence-electron chi connectivity index (χ3n) is 6.00. The molecule has 8 heteroatoms. The molecule has 0 aliphatic carbocycles. The predicted molar refractivity (Wildman–Crippen MR) is 138 cm³/mol. The molecule has 8 nitrogen and oxygen atoms in total. The van der Waals surface area contributed by atoms with E-state index >= 15 is 0 Å². The van der Waals surface area contributed by atoms with Gasteiger partial charge < -0.3 is 30.0 Å². The van der Waals surface area contributed by atoms with Gasteiger partial charge in [-0.25, -0.2) is 0 Å². The fourth-order valence-corrected chi connectivity index (χ4v) is 4.17. The average molecular weight is 499 g/mol. The summed E-state index contributed by atoms with van der Waals surface area (Å²) >= 11 is 0.